The molecule has 9 heteroatoms. The lowest BCUT2D eigenvalue weighted by molar-refractivity contribution is -0.119. The largest absolute Gasteiger partial charge is 0.451 e. The number of carbonyl (C=O) groups is 2. The first-order chi connectivity index (χ1) is 11.2. The number of carbonyl (C=O) groups excluding carboxylic acids is 2. The van der Waals surface area contributed by atoms with Crippen LogP contribution in [-0.4, -0.2) is 37.7 Å². The van der Waals surface area contributed by atoms with Gasteiger partial charge in [0.2, 0.25) is 0 Å². The zero-order valence-corrected chi connectivity index (χ0v) is 14.5. The van der Waals surface area contributed by atoms with Crippen molar-refractivity contribution in [2.24, 2.45) is 7.05 Å². The number of amides is 1. The highest BCUT2D eigenvalue weighted by atomic mass is 35.5. The van der Waals surface area contributed by atoms with Crippen LogP contribution in [0, 0.1) is 0 Å². The molecule has 0 saturated heterocycles. The number of aromatic nitrogens is 1. The number of nitrogens with zero attached hydrogens (tertiary/aromatic N) is 1. The van der Waals surface area contributed by atoms with Gasteiger partial charge in [-0.1, -0.05) is 11.6 Å². The smallest absolute Gasteiger partial charge is 0.355 e. The van der Waals surface area contributed by atoms with Crippen molar-refractivity contribution in [3.8, 4) is 0 Å². The van der Waals surface area contributed by atoms with Gasteiger partial charge in [-0.3, -0.25) is 4.79 Å². The fourth-order valence-electron chi connectivity index (χ4n) is 1.90. The number of benzene rings is 1. The van der Waals surface area contributed by atoms with Gasteiger partial charge in [-0.25, -0.2) is 13.2 Å². The predicted molar refractivity (Wildman–Crippen MR) is 88.9 cm³/mol. The molecule has 1 aromatic heterocycles. The van der Waals surface area contributed by atoms with Gasteiger partial charge in [-0.15, -0.1) is 0 Å². The fraction of sp³-hybridized carbons (Fsp3) is 0.200. The lowest BCUT2D eigenvalue weighted by atomic mass is 10.3. The molecule has 0 saturated carbocycles. The van der Waals surface area contributed by atoms with Crippen molar-refractivity contribution in [2.75, 3.05) is 18.2 Å². The molecule has 0 radical (unpaired) electrons. The Kier molecular flexibility index (Phi) is 5.30. The standard InChI is InChI=1S/C15H15ClN2O5S/c1-18-7-3-4-13(18)15(20)23-9-14(19)17-12-8-10(24(2,21)22)5-6-11(12)16/h3-8H,9H2,1-2H3,(H,17,19). The summed E-state index contributed by atoms with van der Waals surface area (Å²) in [5.41, 5.74) is 0.430. The molecule has 0 spiro atoms. The topological polar surface area (TPSA) is 94.5 Å². The molecule has 1 N–H and O–H groups in total. The van der Waals surface area contributed by atoms with Crippen LogP contribution < -0.4 is 5.32 Å². The van der Waals surface area contributed by atoms with Gasteiger partial charge >= 0.3 is 5.97 Å². The number of hydrogen-bond acceptors (Lipinski definition) is 5. The summed E-state index contributed by atoms with van der Waals surface area (Å²) in [6.07, 6.45) is 2.72. The highest BCUT2D eigenvalue weighted by Crippen LogP contribution is 2.25. The summed E-state index contributed by atoms with van der Waals surface area (Å²) in [5, 5.41) is 2.59. The summed E-state index contributed by atoms with van der Waals surface area (Å²) in [5.74, 6) is -1.28. The maximum absolute atomic E-state index is 11.9. The summed E-state index contributed by atoms with van der Waals surface area (Å²) >= 11 is 5.93. The molecule has 0 aliphatic carbocycles. The van der Waals surface area contributed by atoms with Gasteiger partial charge in [-0.2, -0.15) is 0 Å². The Balaban J connectivity index is 2.02. The summed E-state index contributed by atoms with van der Waals surface area (Å²) in [6, 6.07) is 7.18. The third-order valence-corrected chi connectivity index (χ3v) is 4.57. The molecule has 0 atom stereocenters. The van der Waals surface area contributed by atoms with E-state index in [1.54, 1.807) is 29.9 Å². The lowest BCUT2D eigenvalue weighted by Gasteiger charge is -2.09. The maximum Gasteiger partial charge on any atom is 0.355 e. The van der Waals surface area contributed by atoms with E-state index in [0.717, 1.165) is 6.26 Å². The first-order valence-corrected chi connectivity index (χ1v) is 9.03. The van der Waals surface area contributed by atoms with E-state index < -0.39 is 28.3 Å². The average Bonchev–Trinajstić information content (AvgIpc) is 2.92. The number of sulfone groups is 1. The van der Waals surface area contributed by atoms with E-state index in [4.69, 9.17) is 16.3 Å². The van der Waals surface area contributed by atoms with Crippen molar-refractivity contribution in [1.82, 2.24) is 4.57 Å². The second kappa shape index (κ2) is 7.06. The second-order valence-electron chi connectivity index (χ2n) is 5.04. The molecule has 1 amide bonds. The van der Waals surface area contributed by atoms with Gasteiger partial charge in [0.05, 0.1) is 15.6 Å². The quantitative estimate of drug-likeness (QED) is 0.811. The third-order valence-electron chi connectivity index (χ3n) is 3.13. The van der Waals surface area contributed by atoms with Gasteiger partial charge in [0.25, 0.3) is 5.91 Å². The van der Waals surface area contributed by atoms with Crippen molar-refractivity contribution in [3.63, 3.8) is 0 Å². The molecule has 2 rings (SSSR count). The molecule has 128 valence electrons. The van der Waals surface area contributed by atoms with Gasteiger partial charge < -0.3 is 14.6 Å². The number of rotatable bonds is 5. The average molecular weight is 371 g/mol. The monoisotopic (exact) mass is 370 g/mol. The molecule has 0 unspecified atom stereocenters. The normalized spacial score (nSPS) is 11.1. The van der Waals surface area contributed by atoms with Gasteiger partial charge in [0.15, 0.2) is 16.4 Å². The van der Waals surface area contributed by atoms with E-state index in [1.165, 1.54) is 18.2 Å². The van der Waals surface area contributed by atoms with Gasteiger partial charge in [-0.05, 0) is 30.3 Å². The zero-order chi connectivity index (χ0) is 17.9. The highest BCUT2D eigenvalue weighted by Gasteiger charge is 2.15. The number of halogens is 1. The van der Waals surface area contributed by atoms with E-state index in [0.29, 0.717) is 5.69 Å². The number of anilines is 1. The van der Waals surface area contributed by atoms with Crippen molar-refractivity contribution >= 4 is 39.0 Å². The molecule has 24 heavy (non-hydrogen) atoms. The van der Waals surface area contributed by atoms with Crippen LogP contribution in [0.5, 0.6) is 0 Å². The molecule has 0 bridgehead atoms. The molecule has 0 fully saturated rings. The summed E-state index contributed by atoms with van der Waals surface area (Å²) in [7, 11) is -1.76. The van der Waals surface area contributed by atoms with E-state index in [9.17, 15) is 18.0 Å². The summed E-state index contributed by atoms with van der Waals surface area (Å²) in [6.45, 7) is -0.524. The van der Waals surface area contributed by atoms with Crippen molar-refractivity contribution in [2.45, 2.75) is 4.90 Å². The molecule has 1 aromatic carbocycles. The number of nitrogens with one attached hydrogen (secondary N) is 1. The fourth-order valence-corrected chi connectivity index (χ4v) is 2.71. The predicted octanol–water partition coefficient (Wildman–Crippen LogP) is 1.88. The van der Waals surface area contributed by atoms with Crippen LogP contribution in [0.15, 0.2) is 41.4 Å². The van der Waals surface area contributed by atoms with Crippen LogP contribution in [0.4, 0.5) is 5.69 Å². The van der Waals surface area contributed by atoms with Gasteiger partial charge in [0, 0.05) is 19.5 Å². The minimum atomic E-state index is -3.44. The number of aryl methyl sites for hydroxylation is 1. The molecular weight excluding hydrogens is 356 g/mol. The van der Waals surface area contributed by atoms with Crippen LogP contribution in [0.2, 0.25) is 5.02 Å². The zero-order valence-electron chi connectivity index (χ0n) is 12.9. The Morgan fingerprint density at radius 1 is 1.29 bits per heavy atom. The SMILES string of the molecule is Cn1cccc1C(=O)OCC(=O)Nc1cc(S(C)(=O)=O)ccc1Cl. The minimum Gasteiger partial charge on any atom is -0.451 e. The van der Waals surface area contributed by atoms with E-state index in [-0.39, 0.29) is 15.6 Å². The molecule has 0 aliphatic heterocycles. The third kappa shape index (κ3) is 4.36. The molecule has 2 aromatic rings. The second-order valence-corrected chi connectivity index (χ2v) is 7.47. The number of hydrogen-bond donors (Lipinski definition) is 1. The van der Waals surface area contributed by atoms with E-state index in [2.05, 4.69) is 5.32 Å². The molecule has 1 heterocycles. The Bertz CT molecular complexity index is 889. The molecular formula is C15H15ClN2O5S. The van der Waals surface area contributed by atoms with Crippen molar-refractivity contribution < 1.29 is 22.7 Å². The molecule has 0 aliphatic rings. The van der Waals surface area contributed by atoms with Crippen LogP contribution in [0.3, 0.4) is 0 Å². The molecule has 7 nitrogen and oxygen atoms in total. The summed E-state index contributed by atoms with van der Waals surface area (Å²) in [4.78, 5) is 23.7. The first-order valence-electron chi connectivity index (χ1n) is 6.76. The van der Waals surface area contributed by atoms with Crippen LogP contribution >= 0.6 is 11.6 Å². The van der Waals surface area contributed by atoms with Crippen molar-refractivity contribution in [1.29, 1.82) is 0 Å². The number of esters is 1. The Morgan fingerprint density at radius 3 is 2.58 bits per heavy atom. The van der Waals surface area contributed by atoms with E-state index >= 15 is 0 Å². The Labute approximate surface area is 144 Å². The summed E-state index contributed by atoms with van der Waals surface area (Å²) < 4.78 is 29.5. The van der Waals surface area contributed by atoms with Crippen LogP contribution in [-0.2, 0) is 26.4 Å². The Morgan fingerprint density at radius 2 is 2.00 bits per heavy atom. The van der Waals surface area contributed by atoms with Crippen molar-refractivity contribution in [3.05, 3.63) is 47.2 Å². The number of ether oxygens (including phenoxy) is 1. The minimum absolute atomic E-state index is 0.0167. The van der Waals surface area contributed by atoms with Gasteiger partial charge in [0.1, 0.15) is 5.69 Å². The highest BCUT2D eigenvalue weighted by molar-refractivity contribution is 7.90. The van der Waals surface area contributed by atoms with E-state index in [1.807, 2.05) is 0 Å². The lowest BCUT2D eigenvalue weighted by Crippen LogP contribution is -2.22. The first kappa shape index (κ1) is 18.0. The van der Waals surface area contributed by atoms with Crippen LogP contribution in [0.1, 0.15) is 10.5 Å². The maximum atomic E-state index is 11.9. The van der Waals surface area contributed by atoms with Crippen LogP contribution in [0.25, 0.3) is 0 Å². The Hall–Kier alpha value is -2.32.